The summed E-state index contributed by atoms with van der Waals surface area (Å²) in [7, 11) is 0. The van der Waals surface area contributed by atoms with Gasteiger partial charge in [-0.15, -0.1) is 11.3 Å². The molecule has 3 amide bonds. The van der Waals surface area contributed by atoms with Crippen molar-refractivity contribution in [3.8, 4) is 11.4 Å². The normalized spacial score (nSPS) is 11.9. The lowest BCUT2D eigenvalue weighted by molar-refractivity contribution is -0.116. The van der Waals surface area contributed by atoms with Crippen LogP contribution in [0.4, 0.5) is 10.5 Å². The first kappa shape index (κ1) is 18.7. The highest BCUT2D eigenvalue weighted by Gasteiger charge is 2.18. The monoisotopic (exact) mass is 405 g/mol. The smallest absolute Gasteiger partial charge is 0.312 e. The van der Waals surface area contributed by atoms with E-state index in [9.17, 15) is 9.59 Å². The van der Waals surface area contributed by atoms with Crippen LogP contribution in [0.25, 0.3) is 22.4 Å². The fourth-order valence-electron chi connectivity index (χ4n) is 3.12. The lowest BCUT2D eigenvalue weighted by atomic mass is 10.1. The van der Waals surface area contributed by atoms with Crippen molar-refractivity contribution in [1.29, 1.82) is 0 Å². The number of H-pyrrole nitrogens is 1. The molecule has 29 heavy (non-hydrogen) atoms. The second kappa shape index (κ2) is 8.15. The van der Waals surface area contributed by atoms with Crippen LogP contribution in [0.15, 0.2) is 66.0 Å². The Kier molecular flexibility index (Phi) is 5.26. The Morgan fingerprint density at radius 3 is 2.72 bits per heavy atom. The van der Waals surface area contributed by atoms with Gasteiger partial charge in [0, 0.05) is 16.1 Å². The number of imidazole rings is 1. The number of nitrogens with one attached hydrogen (secondary N) is 3. The van der Waals surface area contributed by atoms with Gasteiger partial charge in [-0.2, -0.15) is 0 Å². The number of benzene rings is 2. The molecule has 0 aliphatic carbocycles. The van der Waals surface area contributed by atoms with Crippen LogP contribution in [0.2, 0.25) is 0 Å². The van der Waals surface area contributed by atoms with E-state index >= 15 is 0 Å². The number of nitrogens with zero attached hydrogens (tertiary/aromatic N) is 1. The quantitative estimate of drug-likeness (QED) is 0.388. The minimum Gasteiger partial charge on any atom is -0.352 e. The van der Waals surface area contributed by atoms with Crippen molar-refractivity contribution >= 4 is 40.0 Å². The average molecular weight is 405 g/mol. The van der Waals surface area contributed by atoms with Gasteiger partial charge in [0.15, 0.2) is 0 Å². The highest BCUT2D eigenvalue weighted by molar-refractivity contribution is 7.10. The van der Waals surface area contributed by atoms with Crippen LogP contribution < -0.4 is 16.4 Å². The van der Waals surface area contributed by atoms with E-state index in [-0.39, 0.29) is 12.3 Å². The van der Waals surface area contributed by atoms with E-state index in [0.29, 0.717) is 5.69 Å². The van der Waals surface area contributed by atoms with Gasteiger partial charge < -0.3 is 21.4 Å². The van der Waals surface area contributed by atoms with Crippen molar-refractivity contribution in [2.75, 3.05) is 5.32 Å². The summed E-state index contributed by atoms with van der Waals surface area (Å²) in [6, 6.07) is 17.8. The van der Waals surface area contributed by atoms with Crippen LogP contribution in [-0.2, 0) is 4.79 Å². The topological polar surface area (TPSA) is 113 Å². The van der Waals surface area contributed by atoms with Crippen LogP contribution >= 0.6 is 11.3 Å². The Balaban J connectivity index is 1.49. The SMILES string of the molecule is NC(=O)NC(CC(=O)Nc1cccc(-c2nc3ccccc3[nH]2)c1)c1cccs1. The maximum absolute atomic E-state index is 12.6. The van der Waals surface area contributed by atoms with Crippen molar-refractivity contribution in [2.24, 2.45) is 5.73 Å². The van der Waals surface area contributed by atoms with E-state index in [1.165, 1.54) is 11.3 Å². The molecule has 0 saturated carbocycles. The zero-order valence-corrected chi connectivity index (χ0v) is 16.2. The molecule has 2 aromatic heterocycles. The zero-order chi connectivity index (χ0) is 20.2. The van der Waals surface area contributed by atoms with Crippen LogP contribution in [-0.4, -0.2) is 21.9 Å². The number of urea groups is 1. The number of aromatic amines is 1. The molecule has 8 heteroatoms. The molecule has 0 radical (unpaired) electrons. The number of aromatic nitrogens is 2. The molecule has 2 aromatic carbocycles. The van der Waals surface area contributed by atoms with Crippen molar-refractivity contribution in [1.82, 2.24) is 15.3 Å². The van der Waals surface area contributed by atoms with Gasteiger partial charge in [0.2, 0.25) is 5.91 Å². The summed E-state index contributed by atoms with van der Waals surface area (Å²) in [6.07, 6.45) is 0.0817. The molecule has 2 heterocycles. The Morgan fingerprint density at radius 2 is 1.97 bits per heavy atom. The average Bonchev–Trinajstić information content (AvgIpc) is 3.37. The first-order valence-corrected chi connectivity index (χ1v) is 9.91. The van der Waals surface area contributed by atoms with Gasteiger partial charge in [-0.3, -0.25) is 4.79 Å². The number of fused-ring (bicyclic) bond motifs is 1. The Labute approximate surface area is 171 Å². The van der Waals surface area contributed by atoms with Gasteiger partial charge in [-0.25, -0.2) is 9.78 Å². The number of carbonyl (C=O) groups excluding carboxylic acids is 2. The predicted molar refractivity (Wildman–Crippen MR) is 115 cm³/mol. The molecule has 4 rings (SSSR count). The molecule has 4 aromatic rings. The lowest BCUT2D eigenvalue weighted by Gasteiger charge is -2.16. The maximum Gasteiger partial charge on any atom is 0.312 e. The number of rotatable bonds is 6. The maximum atomic E-state index is 12.6. The molecule has 0 aliphatic heterocycles. The number of thiophene rings is 1. The first-order valence-electron chi connectivity index (χ1n) is 9.03. The van der Waals surface area contributed by atoms with Gasteiger partial charge >= 0.3 is 6.03 Å². The van der Waals surface area contributed by atoms with Crippen molar-refractivity contribution < 1.29 is 9.59 Å². The third kappa shape index (κ3) is 4.44. The summed E-state index contributed by atoms with van der Waals surface area (Å²) in [5.41, 5.74) is 8.61. The van der Waals surface area contributed by atoms with E-state index in [0.717, 1.165) is 27.3 Å². The van der Waals surface area contributed by atoms with Crippen molar-refractivity contribution in [2.45, 2.75) is 12.5 Å². The van der Waals surface area contributed by atoms with Crippen LogP contribution in [0, 0.1) is 0 Å². The van der Waals surface area contributed by atoms with Gasteiger partial charge in [-0.05, 0) is 35.7 Å². The number of hydrogen-bond donors (Lipinski definition) is 4. The number of primary amides is 1. The first-order chi connectivity index (χ1) is 14.1. The fraction of sp³-hybridized carbons (Fsp3) is 0.0952. The van der Waals surface area contributed by atoms with E-state index < -0.39 is 12.1 Å². The van der Waals surface area contributed by atoms with Gasteiger partial charge in [0.1, 0.15) is 5.82 Å². The summed E-state index contributed by atoms with van der Waals surface area (Å²) in [4.78, 5) is 32.6. The second-order valence-electron chi connectivity index (χ2n) is 6.51. The molecule has 5 N–H and O–H groups in total. The highest BCUT2D eigenvalue weighted by Crippen LogP contribution is 2.25. The second-order valence-corrected chi connectivity index (χ2v) is 7.49. The number of nitrogens with two attached hydrogens (primary N) is 1. The number of carbonyl (C=O) groups is 2. The number of para-hydroxylation sites is 2. The number of amides is 3. The molecule has 146 valence electrons. The van der Waals surface area contributed by atoms with Gasteiger partial charge in [-0.1, -0.05) is 30.3 Å². The molecular weight excluding hydrogens is 386 g/mol. The van der Waals surface area contributed by atoms with Crippen LogP contribution in [0.3, 0.4) is 0 Å². The van der Waals surface area contributed by atoms with E-state index in [4.69, 9.17) is 5.73 Å². The van der Waals surface area contributed by atoms with Gasteiger partial charge in [0.25, 0.3) is 0 Å². The minimum atomic E-state index is -0.664. The van der Waals surface area contributed by atoms with Crippen LogP contribution in [0.5, 0.6) is 0 Å². The molecule has 0 saturated heterocycles. The standard InChI is InChI=1S/C21H19N5O2S/c22-21(28)26-17(18-9-4-10-29-18)12-19(27)23-14-6-3-5-13(11-14)20-24-15-7-1-2-8-16(15)25-20/h1-11,17H,12H2,(H,23,27)(H,24,25)(H3,22,26,28). The van der Waals surface area contributed by atoms with E-state index in [2.05, 4.69) is 20.6 Å². The highest BCUT2D eigenvalue weighted by atomic mass is 32.1. The molecule has 0 aliphatic rings. The molecule has 1 unspecified atom stereocenters. The Hall–Kier alpha value is -3.65. The van der Waals surface area contributed by atoms with Crippen molar-refractivity contribution in [3.05, 3.63) is 70.9 Å². The summed E-state index contributed by atoms with van der Waals surface area (Å²) in [5.74, 6) is 0.507. The summed E-state index contributed by atoms with van der Waals surface area (Å²) in [5, 5.41) is 7.40. The largest absolute Gasteiger partial charge is 0.352 e. The van der Waals surface area contributed by atoms with E-state index in [1.807, 2.05) is 66.0 Å². The minimum absolute atomic E-state index is 0.0817. The lowest BCUT2D eigenvalue weighted by Crippen LogP contribution is -2.34. The third-order valence-electron chi connectivity index (χ3n) is 4.40. The Morgan fingerprint density at radius 1 is 1.10 bits per heavy atom. The van der Waals surface area contributed by atoms with Gasteiger partial charge in [0.05, 0.1) is 23.5 Å². The number of hydrogen-bond acceptors (Lipinski definition) is 4. The summed E-state index contributed by atoms with van der Waals surface area (Å²) in [6.45, 7) is 0. The fourth-order valence-corrected chi connectivity index (χ4v) is 3.89. The molecule has 0 fully saturated rings. The van der Waals surface area contributed by atoms with Crippen molar-refractivity contribution in [3.63, 3.8) is 0 Å². The Bertz CT molecular complexity index is 1120. The summed E-state index contributed by atoms with van der Waals surface area (Å²) >= 11 is 1.46. The summed E-state index contributed by atoms with van der Waals surface area (Å²) < 4.78 is 0. The zero-order valence-electron chi connectivity index (χ0n) is 15.4. The molecule has 1 atom stereocenters. The van der Waals surface area contributed by atoms with E-state index in [1.54, 1.807) is 0 Å². The predicted octanol–water partition coefficient (Wildman–Crippen LogP) is 4.03. The molecular formula is C21H19N5O2S. The molecule has 0 bridgehead atoms. The number of anilines is 1. The van der Waals surface area contributed by atoms with Crippen LogP contribution in [0.1, 0.15) is 17.3 Å². The molecule has 0 spiro atoms. The third-order valence-corrected chi connectivity index (χ3v) is 5.39. The molecule has 7 nitrogen and oxygen atoms in total.